The molecule has 2 aromatic carbocycles. The second kappa shape index (κ2) is 8.25. The summed E-state index contributed by atoms with van der Waals surface area (Å²) in [5.41, 5.74) is 3.12. The molecule has 0 aliphatic carbocycles. The molecule has 0 amide bonds. The molecule has 0 unspecified atom stereocenters. The Hall–Kier alpha value is -3.23. The van der Waals surface area contributed by atoms with Crippen LogP contribution >= 0.6 is 23.4 Å². The van der Waals surface area contributed by atoms with Crippen LogP contribution in [0.3, 0.4) is 0 Å². The summed E-state index contributed by atoms with van der Waals surface area (Å²) < 4.78 is 11.0. The topological polar surface area (TPSA) is 101 Å². The van der Waals surface area contributed by atoms with Crippen LogP contribution in [-0.4, -0.2) is 33.4 Å². The predicted octanol–water partition coefficient (Wildman–Crippen LogP) is 5.41. The van der Waals surface area contributed by atoms with E-state index in [2.05, 4.69) is 15.2 Å². The molecule has 7 nitrogen and oxygen atoms in total. The van der Waals surface area contributed by atoms with Crippen LogP contribution in [0.15, 0.2) is 57.0 Å². The third-order valence-electron chi connectivity index (χ3n) is 4.43. The molecule has 152 valence electrons. The number of halogens is 1. The van der Waals surface area contributed by atoms with Gasteiger partial charge >= 0.3 is 5.97 Å². The van der Waals surface area contributed by atoms with E-state index in [0.29, 0.717) is 16.3 Å². The molecule has 4 aromatic rings. The molecule has 4 rings (SSSR count). The van der Waals surface area contributed by atoms with E-state index < -0.39 is 5.97 Å². The quantitative estimate of drug-likeness (QED) is 0.305. The number of thioether (sulfide) groups is 1. The van der Waals surface area contributed by atoms with Gasteiger partial charge in [0.05, 0.1) is 12.7 Å². The number of aryl methyl sites for hydroxylation is 1. The summed E-state index contributed by atoms with van der Waals surface area (Å²) in [5, 5.41) is 19.2. The van der Waals surface area contributed by atoms with Crippen LogP contribution in [0.4, 0.5) is 0 Å². The van der Waals surface area contributed by atoms with Crippen LogP contribution in [0.1, 0.15) is 11.3 Å². The van der Waals surface area contributed by atoms with Gasteiger partial charge in [0.25, 0.3) is 11.1 Å². The molecule has 2 heterocycles. The van der Waals surface area contributed by atoms with Gasteiger partial charge in [0.2, 0.25) is 0 Å². The van der Waals surface area contributed by atoms with Crippen LogP contribution in [0.25, 0.3) is 28.4 Å². The van der Waals surface area contributed by atoms with Gasteiger partial charge < -0.3 is 19.2 Å². The maximum atomic E-state index is 11.9. The van der Waals surface area contributed by atoms with Gasteiger partial charge in [-0.1, -0.05) is 29.8 Å². The Morgan fingerprint density at radius 3 is 2.83 bits per heavy atom. The molecular weight excluding hydrogens is 426 g/mol. The van der Waals surface area contributed by atoms with Crippen LogP contribution in [0.5, 0.6) is 5.75 Å². The summed E-state index contributed by atoms with van der Waals surface area (Å²) in [6.07, 6.45) is 1.60. The zero-order valence-corrected chi connectivity index (χ0v) is 17.5. The van der Waals surface area contributed by atoms with Gasteiger partial charge in [-0.15, -0.1) is 10.2 Å². The fourth-order valence-corrected chi connectivity index (χ4v) is 3.88. The Balaban J connectivity index is 1.69. The van der Waals surface area contributed by atoms with E-state index in [9.17, 15) is 9.90 Å². The fourth-order valence-electron chi connectivity index (χ4n) is 3.05. The lowest BCUT2D eigenvalue weighted by molar-refractivity contribution is -0.131. The molecule has 0 aliphatic rings. The molecule has 0 fully saturated rings. The normalized spacial score (nSPS) is 11.8. The number of carboxylic acids is 1. The van der Waals surface area contributed by atoms with Crippen molar-refractivity contribution in [3.8, 4) is 17.2 Å². The highest BCUT2D eigenvalue weighted by Crippen LogP contribution is 2.35. The maximum absolute atomic E-state index is 11.9. The summed E-state index contributed by atoms with van der Waals surface area (Å²) in [7, 11) is 1.52. The number of aliphatic carboxylic acids is 1. The van der Waals surface area contributed by atoms with E-state index in [1.54, 1.807) is 24.3 Å². The van der Waals surface area contributed by atoms with E-state index >= 15 is 0 Å². The Labute approximate surface area is 180 Å². The third-order valence-corrected chi connectivity index (χ3v) is 5.51. The molecule has 0 saturated carbocycles. The van der Waals surface area contributed by atoms with Crippen molar-refractivity contribution in [1.82, 2.24) is 15.2 Å². The second-order valence-corrected chi connectivity index (χ2v) is 7.77. The number of rotatable bonds is 6. The Morgan fingerprint density at radius 1 is 1.27 bits per heavy atom. The second-order valence-electron chi connectivity index (χ2n) is 6.34. The molecule has 9 heteroatoms. The first kappa shape index (κ1) is 20.1. The van der Waals surface area contributed by atoms with Gasteiger partial charge in [0.15, 0.2) is 0 Å². The van der Waals surface area contributed by atoms with Gasteiger partial charge in [-0.25, -0.2) is 4.79 Å². The lowest BCUT2D eigenvalue weighted by Gasteiger charge is -2.04. The van der Waals surface area contributed by atoms with Crippen LogP contribution in [0, 0.1) is 6.92 Å². The predicted molar refractivity (Wildman–Crippen MR) is 116 cm³/mol. The molecule has 0 atom stereocenters. The van der Waals surface area contributed by atoms with E-state index in [1.165, 1.54) is 7.11 Å². The van der Waals surface area contributed by atoms with E-state index in [-0.39, 0.29) is 16.0 Å². The van der Waals surface area contributed by atoms with Gasteiger partial charge in [-0.2, -0.15) is 0 Å². The number of para-hydroxylation sites is 1. The van der Waals surface area contributed by atoms with E-state index in [0.717, 1.165) is 33.9 Å². The number of H-pyrrole nitrogens is 1. The number of fused-ring (bicyclic) bond motifs is 1. The average molecular weight is 442 g/mol. The summed E-state index contributed by atoms with van der Waals surface area (Å²) in [6.45, 7) is 1.90. The monoisotopic (exact) mass is 441 g/mol. The first-order valence-electron chi connectivity index (χ1n) is 8.84. The number of nitrogens with zero attached hydrogens (tertiary/aromatic N) is 2. The number of hydrogen-bond acceptors (Lipinski definition) is 6. The van der Waals surface area contributed by atoms with Gasteiger partial charge in [0, 0.05) is 27.2 Å². The van der Waals surface area contributed by atoms with Crippen molar-refractivity contribution in [2.24, 2.45) is 0 Å². The van der Waals surface area contributed by atoms with Crippen LogP contribution in [-0.2, 0) is 4.79 Å². The Kier molecular flexibility index (Phi) is 5.52. The molecule has 0 spiro atoms. The van der Waals surface area contributed by atoms with E-state index in [4.69, 9.17) is 20.8 Å². The van der Waals surface area contributed by atoms with Crippen molar-refractivity contribution in [3.63, 3.8) is 0 Å². The largest absolute Gasteiger partial charge is 0.496 e. The average Bonchev–Trinajstić information content (AvgIpc) is 3.32. The van der Waals surface area contributed by atoms with Gasteiger partial charge in [0.1, 0.15) is 10.7 Å². The van der Waals surface area contributed by atoms with Crippen molar-refractivity contribution < 1.29 is 19.1 Å². The van der Waals surface area contributed by atoms with Crippen molar-refractivity contribution in [2.45, 2.75) is 12.1 Å². The smallest absolute Gasteiger partial charge is 0.342 e. The summed E-state index contributed by atoms with van der Waals surface area (Å²) >= 11 is 6.94. The minimum absolute atomic E-state index is 0.0520. The van der Waals surface area contributed by atoms with Crippen LogP contribution < -0.4 is 4.74 Å². The number of carboxylic acid groups (broad SMARTS) is 1. The first-order valence-corrected chi connectivity index (χ1v) is 10.0. The minimum Gasteiger partial charge on any atom is -0.496 e. The summed E-state index contributed by atoms with van der Waals surface area (Å²) in [6, 6.07) is 12.7. The summed E-state index contributed by atoms with van der Waals surface area (Å²) in [4.78, 5) is 15.2. The number of nitrogens with one attached hydrogen (secondary N) is 1. The van der Waals surface area contributed by atoms with Gasteiger partial charge in [-0.3, -0.25) is 0 Å². The molecular formula is C21H16ClN3O4S. The first-order chi connectivity index (χ1) is 14.5. The number of carbonyl (C=O) groups is 1. The zero-order valence-electron chi connectivity index (χ0n) is 16.0. The van der Waals surface area contributed by atoms with Crippen LogP contribution in [0.2, 0.25) is 5.02 Å². The van der Waals surface area contributed by atoms with Crippen molar-refractivity contribution in [3.05, 3.63) is 63.6 Å². The number of hydrogen-bond donors (Lipinski definition) is 2. The third kappa shape index (κ3) is 3.92. The van der Waals surface area contributed by atoms with E-state index in [1.807, 2.05) is 31.2 Å². The number of benzene rings is 2. The Morgan fingerprint density at radius 2 is 2.07 bits per heavy atom. The molecule has 0 aliphatic heterocycles. The minimum atomic E-state index is -1.09. The molecule has 30 heavy (non-hydrogen) atoms. The highest BCUT2D eigenvalue weighted by Gasteiger charge is 2.19. The molecule has 2 N–H and O–H groups in total. The van der Waals surface area contributed by atoms with Crippen molar-refractivity contribution >= 4 is 46.3 Å². The highest BCUT2D eigenvalue weighted by atomic mass is 35.5. The SMILES string of the molecule is COc1ccc(Cl)cc1-c1nnc(S/C(=C\c2c(C)[nH]c3ccccc23)C(=O)O)o1. The molecule has 0 saturated heterocycles. The number of methoxy groups -OCH3 is 1. The summed E-state index contributed by atoms with van der Waals surface area (Å²) in [5.74, 6) is -0.391. The standard InChI is InChI=1S/C21H16ClN3O4S/c1-11-14(13-5-3-4-6-16(13)23-11)10-18(20(26)27)30-21-25-24-19(29-21)15-9-12(22)7-8-17(15)28-2/h3-10,23H,1-2H3,(H,26,27)/b18-10-. The molecule has 2 aromatic heterocycles. The van der Waals surface area contributed by atoms with Crippen molar-refractivity contribution in [1.29, 1.82) is 0 Å². The lowest BCUT2D eigenvalue weighted by Crippen LogP contribution is -1.97. The Bertz CT molecular complexity index is 1280. The highest BCUT2D eigenvalue weighted by molar-refractivity contribution is 8.03. The van der Waals surface area contributed by atoms with Crippen molar-refractivity contribution in [2.75, 3.05) is 7.11 Å². The fraction of sp³-hybridized carbons (Fsp3) is 0.0952. The van der Waals surface area contributed by atoms with Gasteiger partial charge in [-0.05, 0) is 49.0 Å². The number of ether oxygens (including phenoxy) is 1. The lowest BCUT2D eigenvalue weighted by atomic mass is 10.1. The molecule has 0 bridgehead atoms. The number of aromatic nitrogens is 3. The number of aromatic amines is 1. The molecule has 0 radical (unpaired) electrons. The maximum Gasteiger partial charge on any atom is 0.342 e. The zero-order chi connectivity index (χ0) is 21.3.